The molecule has 3 rings (SSSR count). The summed E-state index contributed by atoms with van der Waals surface area (Å²) >= 11 is 1.42. The molecule has 0 spiro atoms. The number of rotatable bonds is 5. The number of carbonyl (C=O) groups is 2. The molecule has 0 radical (unpaired) electrons. The molecule has 1 aliphatic carbocycles. The number of thiazole rings is 1. The summed E-state index contributed by atoms with van der Waals surface area (Å²) < 4.78 is 0. The van der Waals surface area contributed by atoms with Crippen LogP contribution >= 0.6 is 11.3 Å². The average Bonchev–Trinajstić information content (AvgIpc) is 3.28. The van der Waals surface area contributed by atoms with Crippen molar-refractivity contribution in [2.75, 3.05) is 11.9 Å². The summed E-state index contributed by atoms with van der Waals surface area (Å²) in [5, 5.41) is 7.94. The number of anilines is 1. The molecular formula is C17H19N3O2S. The second kappa shape index (κ2) is 6.50. The number of nitrogens with one attached hydrogen (secondary N) is 2. The topological polar surface area (TPSA) is 71.1 Å². The fourth-order valence-electron chi connectivity index (χ4n) is 2.22. The Hall–Kier alpha value is -2.21. The molecule has 1 saturated carbocycles. The molecule has 2 aromatic rings. The van der Waals surface area contributed by atoms with Crippen LogP contribution in [0.3, 0.4) is 0 Å². The maximum Gasteiger partial charge on any atom is 0.251 e. The van der Waals surface area contributed by atoms with E-state index in [2.05, 4.69) is 15.6 Å². The quantitative estimate of drug-likeness (QED) is 0.886. The van der Waals surface area contributed by atoms with E-state index in [1.807, 2.05) is 31.4 Å². The fraction of sp³-hybridized carbons (Fsp3) is 0.353. The van der Waals surface area contributed by atoms with Crippen LogP contribution < -0.4 is 10.6 Å². The number of amides is 2. The number of carbonyl (C=O) groups excluding carboxylic acids is 2. The SMILES string of the molecule is Cc1ccc(C(=O)NCC(=O)Nc2nc(C3CC3)cs2)cc1C. The largest absolute Gasteiger partial charge is 0.343 e. The highest BCUT2D eigenvalue weighted by atomic mass is 32.1. The van der Waals surface area contributed by atoms with Gasteiger partial charge in [0.25, 0.3) is 5.91 Å². The molecule has 1 aliphatic rings. The van der Waals surface area contributed by atoms with Crippen LogP contribution in [0.2, 0.25) is 0 Å². The third-order valence-corrected chi connectivity index (χ3v) is 4.72. The lowest BCUT2D eigenvalue weighted by Crippen LogP contribution is -2.32. The maximum atomic E-state index is 12.1. The predicted molar refractivity (Wildman–Crippen MR) is 91.0 cm³/mol. The predicted octanol–water partition coefficient (Wildman–Crippen LogP) is 3.01. The molecule has 120 valence electrons. The minimum absolute atomic E-state index is 0.0654. The van der Waals surface area contributed by atoms with Crippen molar-refractivity contribution in [3.8, 4) is 0 Å². The first-order valence-electron chi connectivity index (χ1n) is 7.63. The summed E-state index contributed by atoms with van der Waals surface area (Å²) in [4.78, 5) is 28.4. The molecule has 6 heteroatoms. The van der Waals surface area contributed by atoms with Crippen molar-refractivity contribution in [1.29, 1.82) is 0 Å². The van der Waals surface area contributed by atoms with Gasteiger partial charge in [0.2, 0.25) is 5.91 Å². The molecule has 0 unspecified atom stereocenters. The van der Waals surface area contributed by atoms with Crippen molar-refractivity contribution in [1.82, 2.24) is 10.3 Å². The van der Waals surface area contributed by atoms with E-state index < -0.39 is 0 Å². The van der Waals surface area contributed by atoms with Gasteiger partial charge in [-0.05, 0) is 49.9 Å². The third-order valence-electron chi connectivity index (χ3n) is 3.94. The molecule has 0 aliphatic heterocycles. The molecule has 1 aromatic carbocycles. The Balaban J connectivity index is 1.51. The van der Waals surface area contributed by atoms with Crippen LogP contribution in [0, 0.1) is 13.8 Å². The van der Waals surface area contributed by atoms with Gasteiger partial charge in [-0.25, -0.2) is 4.98 Å². The lowest BCUT2D eigenvalue weighted by Gasteiger charge is -2.07. The molecule has 23 heavy (non-hydrogen) atoms. The number of hydrogen-bond acceptors (Lipinski definition) is 4. The zero-order chi connectivity index (χ0) is 16.4. The number of benzene rings is 1. The van der Waals surface area contributed by atoms with Gasteiger partial charge in [-0.2, -0.15) is 0 Å². The Labute approximate surface area is 139 Å². The smallest absolute Gasteiger partial charge is 0.251 e. The van der Waals surface area contributed by atoms with Crippen molar-refractivity contribution >= 4 is 28.3 Å². The van der Waals surface area contributed by atoms with E-state index in [4.69, 9.17) is 0 Å². The molecule has 2 amide bonds. The lowest BCUT2D eigenvalue weighted by molar-refractivity contribution is -0.115. The second-order valence-corrected chi connectivity index (χ2v) is 6.74. The van der Waals surface area contributed by atoms with Gasteiger partial charge < -0.3 is 10.6 Å². The van der Waals surface area contributed by atoms with Crippen LogP contribution in [0.5, 0.6) is 0 Å². The summed E-state index contributed by atoms with van der Waals surface area (Å²) in [5.41, 5.74) is 3.81. The van der Waals surface area contributed by atoms with Gasteiger partial charge in [0.1, 0.15) is 0 Å². The van der Waals surface area contributed by atoms with E-state index in [-0.39, 0.29) is 18.4 Å². The fourth-order valence-corrected chi connectivity index (χ4v) is 3.03. The van der Waals surface area contributed by atoms with Gasteiger partial charge in [-0.15, -0.1) is 11.3 Å². The molecule has 1 fully saturated rings. The first-order valence-corrected chi connectivity index (χ1v) is 8.51. The molecule has 2 N–H and O–H groups in total. The van der Waals surface area contributed by atoms with E-state index in [1.165, 1.54) is 24.2 Å². The Morgan fingerprint density at radius 3 is 2.74 bits per heavy atom. The van der Waals surface area contributed by atoms with Crippen LogP contribution in [-0.2, 0) is 4.79 Å². The first kappa shape index (κ1) is 15.7. The Morgan fingerprint density at radius 1 is 1.26 bits per heavy atom. The maximum absolute atomic E-state index is 12.1. The Kier molecular flexibility index (Phi) is 4.43. The van der Waals surface area contributed by atoms with Crippen molar-refractivity contribution in [2.45, 2.75) is 32.6 Å². The van der Waals surface area contributed by atoms with Crippen molar-refractivity contribution in [3.63, 3.8) is 0 Å². The summed E-state index contributed by atoms with van der Waals surface area (Å²) in [6.45, 7) is 3.89. The van der Waals surface area contributed by atoms with E-state index in [0.717, 1.165) is 16.8 Å². The van der Waals surface area contributed by atoms with E-state index in [0.29, 0.717) is 16.6 Å². The van der Waals surface area contributed by atoms with Crippen LogP contribution in [0.15, 0.2) is 23.6 Å². The molecule has 1 aromatic heterocycles. The van der Waals surface area contributed by atoms with Crippen molar-refractivity contribution in [3.05, 3.63) is 46.0 Å². The zero-order valence-corrected chi connectivity index (χ0v) is 14.0. The third kappa shape index (κ3) is 3.96. The number of aromatic nitrogens is 1. The highest BCUT2D eigenvalue weighted by Crippen LogP contribution is 2.40. The number of nitrogens with zero attached hydrogens (tertiary/aromatic N) is 1. The van der Waals surface area contributed by atoms with Crippen LogP contribution in [0.4, 0.5) is 5.13 Å². The van der Waals surface area contributed by atoms with Gasteiger partial charge in [-0.1, -0.05) is 6.07 Å². The van der Waals surface area contributed by atoms with Crippen LogP contribution in [-0.4, -0.2) is 23.3 Å². The summed E-state index contributed by atoms with van der Waals surface area (Å²) in [7, 11) is 0. The second-order valence-electron chi connectivity index (χ2n) is 5.88. The first-order chi connectivity index (χ1) is 11.0. The Morgan fingerprint density at radius 2 is 2.04 bits per heavy atom. The molecule has 1 heterocycles. The minimum atomic E-state index is -0.265. The van der Waals surface area contributed by atoms with Gasteiger partial charge >= 0.3 is 0 Å². The monoisotopic (exact) mass is 329 g/mol. The summed E-state index contributed by atoms with van der Waals surface area (Å²) in [6, 6.07) is 5.49. The molecule has 0 bridgehead atoms. The van der Waals surface area contributed by atoms with Gasteiger partial charge in [0.15, 0.2) is 5.13 Å². The zero-order valence-electron chi connectivity index (χ0n) is 13.2. The van der Waals surface area contributed by atoms with E-state index >= 15 is 0 Å². The number of aryl methyl sites for hydroxylation is 2. The lowest BCUT2D eigenvalue weighted by atomic mass is 10.1. The molecule has 0 atom stereocenters. The van der Waals surface area contributed by atoms with Crippen LogP contribution in [0.25, 0.3) is 0 Å². The summed E-state index contributed by atoms with van der Waals surface area (Å²) in [6.07, 6.45) is 2.37. The minimum Gasteiger partial charge on any atom is -0.343 e. The van der Waals surface area contributed by atoms with Crippen molar-refractivity contribution in [2.24, 2.45) is 0 Å². The van der Waals surface area contributed by atoms with E-state index in [9.17, 15) is 9.59 Å². The average molecular weight is 329 g/mol. The molecule has 0 saturated heterocycles. The highest BCUT2D eigenvalue weighted by molar-refractivity contribution is 7.13. The standard InChI is InChI=1S/C17H19N3O2S/c1-10-3-4-13(7-11(10)2)16(22)18-8-15(21)20-17-19-14(9-23-17)12-5-6-12/h3-4,7,9,12H,5-6,8H2,1-2H3,(H,18,22)(H,19,20,21). The van der Waals surface area contributed by atoms with Gasteiger partial charge in [0.05, 0.1) is 12.2 Å². The van der Waals surface area contributed by atoms with Gasteiger partial charge in [0, 0.05) is 16.9 Å². The van der Waals surface area contributed by atoms with E-state index in [1.54, 1.807) is 6.07 Å². The Bertz CT molecular complexity index is 750. The summed E-state index contributed by atoms with van der Waals surface area (Å²) in [5.74, 6) is 0.0568. The highest BCUT2D eigenvalue weighted by Gasteiger charge is 2.26. The molecular weight excluding hydrogens is 310 g/mol. The molecule has 5 nitrogen and oxygen atoms in total. The normalized spacial score (nSPS) is 13.7. The van der Waals surface area contributed by atoms with Crippen LogP contribution in [0.1, 0.15) is 45.9 Å². The number of hydrogen-bond donors (Lipinski definition) is 2. The van der Waals surface area contributed by atoms with Crippen molar-refractivity contribution < 1.29 is 9.59 Å². The van der Waals surface area contributed by atoms with Gasteiger partial charge in [-0.3, -0.25) is 9.59 Å².